The van der Waals surface area contributed by atoms with Crippen molar-refractivity contribution in [2.75, 3.05) is 6.54 Å². The average Bonchev–Trinajstić information content (AvgIpc) is 3.08. The van der Waals surface area contributed by atoms with Crippen molar-refractivity contribution in [3.63, 3.8) is 0 Å². The molecule has 9 atom stereocenters. The first-order valence-electron chi connectivity index (χ1n) is 12.8. The van der Waals surface area contributed by atoms with Gasteiger partial charge in [0.1, 0.15) is 6.54 Å². The first-order chi connectivity index (χ1) is 14.7. The van der Waals surface area contributed by atoms with Crippen LogP contribution in [0.4, 0.5) is 0 Å². The molecule has 4 aliphatic rings. The average molecular weight is 434 g/mol. The van der Waals surface area contributed by atoms with Crippen molar-refractivity contribution in [2.24, 2.45) is 46.3 Å². The highest BCUT2D eigenvalue weighted by Crippen LogP contribution is 2.68. The minimum absolute atomic E-state index is 0.137. The molecular weight excluding hydrogens is 390 g/mol. The fraction of sp³-hybridized carbons (Fsp3) is 0.923. The Labute approximate surface area is 187 Å². The van der Waals surface area contributed by atoms with Crippen molar-refractivity contribution in [3.8, 4) is 0 Å². The second-order valence-electron chi connectivity index (χ2n) is 12.0. The molecule has 31 heavy (non-hydrogen) atoms. The molecule has 176 valence electrons. The molecule has 0 aliphatic heterocycles. The predicted octanol–water partition coefficient (Wildman–Crippen LogP) is 4.62. The summed E-state index contributed by atoms with van der Waals surface area (Å²) < 4.78 is 0. The van der Waals surface area contributed by atoms with E-state index in [1.165, 1.54) is 51.4 Å². The Morgan fingerprint density at radius 1 is 1.03 bits per heavy atom. The van der Waals surface area contributed by atoms with Gasteiger partial charge in [-0.25, -0.2) is 0 Å². The summed E-state index contributed by atoms with van der Waals surface area (Å²) in [6, 6.07) is 0. The SMILES string of the molecule is C[C@H](CCC(=O)NCC(=O)O)[C@H]1CCC2C3C(CC[C@@]21C)[C@@]1(C)CCCCC1C[C@@H]3O. The second-order valence-corrected chi connectivity index (χ2v) is 12.0. The standard InChI is InChI=1S/C26H43NO4/c1-16(7-10-22(29)27-15-23(30)31)18-8-9-19-24-20(11-13-26(18,19)3)25(2)12-5-4-6-17(25)14-21(24)28/h16-21,24,28H,4-15H2,1-3H3,(H,27,29)(H,30,31)/t16-,17?,18-,19?,20?,21+,24?,25+,26-/m1/s1. The van der Waals surface area contributed by atoms with Gasteiger partial charge in [0.15, 0.2) is 0 Å². The van der Waals surface area contributed by atoms with E-state index in [9.17, 15) is 14.7 Å². The van der Waals surface area contributed by atoms with Gasteiger partial charge in [-0.05, 0) is 97.7 Å². The first kappa shape index (κ1) is 23.1. The van der Waals surface area contributed by atoms with Gasteiger partial charge in [-0.3, -0.25) is 9.59 Å². The molecule has 4 fully saturated rings. The van der Waals surface area contributed by atoms with E-state index in [2.05, 4.69) is 26.1 Å². The zero-order valence-corrected chi connectivity index (χ0v) is 19.7. The fourth-order valence-corrected chi connectivity index (χ4v) is 9.05. The number of carbonyl (C=O) groups is 2. The van der Waals surface area contributed by atoms with Crippen LogP contribution in [-0.4, -0.2) is 34.7 Å². The molecule has 3 N–H and O–H groups in total. The molecule has 0 radical (unpaired) electrons. The van der Waals surface area contributed by atoms with Gasteiger partial charge in [0.2, 0.25) is 5.91 Å². The second kappa shape index (κ2) is 8.68. The molecular formula is C26H43NO4. The minimum atomic E-state index is -0.996. The van der Waals surface area contributed by atoms with Crippen LogP contribution in [0.5, 0.6) is 0 Å². The van der Waals surface area contributed by atoms with Gasteiger partial charge >= 0.3 is 5.97 Å². The number of carboxylic acids is 1. The molecule has 4 saturated carbocycles. The van der Waals surface area contributed by atoms with Gasteiger partial charge in [0.25, 0.3) is 0 Å². The lowest BCUT2D eigenvalue weighted by Gasteiger charge is -2.62. The highest BCUT2D eigenvalue weighted by molar-refractivity contribution is 5.81. The highest BCUT2D eigenvalue weighted by Gasteiger charge is 2.62. The van der Waals surface area contributed by atoms with Crippen LogP contribution < -0.4 is 5.32 Å². The molecule has 0 bridgehead atoms. The van der Waals surface area contributed by atoms with Crippen LogP contribution in [0.2, 0.25) is 0 Å². The highest BCUT2D eigenvalue weighted by atomic mass is 16.4. The Morgan fingerprint density at radius 2 is 1.77 bits per heavy atom. The Bertz CT molecular complexity index is 695. The molecule has 0 aromatic heterocycles. The van der Waals surface area contributed by atoms with Crippen LogP contribution >= 0.6 is 0 Å². The zero-order chi connectivity index (χ0) is 22.4. The molecule has 0 aromatic carbocycles. The van der Waals surface area contributed by atoms with E-state index in [0.29, 0.717) is 47.3 Å². The van der Waals surface area contributed by atoms with Crippen LogP contribution in [0.1, 0.15) is 91.4 Å². The van der Waals surface area contributed by atoms with Gasteiger partial charge < -0.3 is 15.5 Å². The van der Waals surface area contributed by atoms with E-state index in [0.717, 1.165) is 12.8 Å². The van der Waals surface area contributed by atoms with Crippen molar-refractivity contribution in [1.29, 1.82) is 0 Å². The van der Waals surface area contributed by atoms with Crippen LogP contribution in [0, 0.1) is 46.3 Å². The summed E-state index contributed by atoms with van der Waals surface area (Å²) >= 11 is 0. The van der Waals surface area contributed by atoms with Crippen LogP contribution in [-0.2, 0) is 9.59 Å². The van der Waals surface area contributed by atoms with E-state index < -0.39 is 5.97 Å². The van der Waals surface area contributed by atoms with E-state index in [1.54, 1.807) is 0 Å². The van der Waals surface area contributed by atoms with E-state index in [1.807, 2.05) is 0 Å². The topological polar surface area (TPSA) is 86.6 Å². The molecule has 0 aromatic rings. The maximum absolute atomic E-state index is 12.0. The molecule has 4 unspecified atom stereocenters. The molecule has 5 nitrogen and oxygen atoms in total. The molecule has 5 heteroatoms. The van der Waals surface area contributed by atoms with E-state index >= 15 is 0 Å². The number of carbonyl (C=O) groups excluding carboxylic acids is 1. The lowest BCUT2D eigenvalue weighted by Crippen LogP contribution is -2.57. The van der Waals surface area contributed by atoms with Crippen molar-refractivity contribution in [3.05, 3.63) is 0 Å². The van der Waals surface area contributed by atoms with E-state index in [-0.39, 0.29) is 24.0 Å². The van der Waals surface area contributed by atoms with Crippen LogP contribution in [0.25, 0.3) is 0 Å². The maximum Gasteiger partial charge on any atom is 0.322 e. The first-order valence-corrected chi connectivity index (χ1v) is 12.8. The number of nitrogens with one attached hydrogen (secondary N) is 1. The summed E-state index contributed by atoms with van der Waals surface area (Å²) in [5, 5.41) is 22.6. The van der Waals surface area contributed by atoms with Gasteiger partial charge in [-0.1, -0.05) is 33.6 Å². The lowest BCUT2D eigenvalue weighted by molar-refractivity contribution is -0.164. The predicted molar refractivity (Wildman–Crippen MR) is 120 cm³/mol. The largest absolute Gasteiger partial charge is 0.480 e. The number of carboxylic acid groups (broad SMARTS) is 1. The maximum atomic E-state index is 12.0. The zero-order valence-electron chi connectivity index (χ0n) is 19.7. The Balaban J connectivity index is 1.44. The summed E-state index contributed by atoms with van der Waals surface area (Å²) in [6.07, 6.45) is 12.4. The number of aliphatic hydroxyl groups excluding tert-OH is 1. The Kier molecular flexibility index (Phi) is 6.46. The molecule has 0 spiro atoms. The molecule has 4 aliphatic carbocycles. The normalized spacial score (nSPS) is 45.2. The summed E-state index contributed by atoms with van der Waals surface area (Å²) in [5.74, 6) is 2.33. The lowest BCUT2D eigenvalue weighted by atomic mass is 9.44. The third kappa shape index (κ3) is 4.05. The number of fused-ring (bicyclic) bond motifs is 5. The van der Waals surface area contributed by atoms with Gasteiger partial charge in [0, 0.05) is 6.42 Å². The van der Waals surface area contributed by atoms with E-state index in [4.69, 9.17) is 5.11 Å². The number of hydrogen-bond acceptors (Lipinski definition) is 3. The molecule has 4 rings (SSSR count). The van der Waals surface area contributed by atoms with Gasteiger partial charge in [0.05, 0.1) is 6.10 Å². The summed E-state index contributed by atoms with van der Waals surface area (Å²) in [6.45, 7) is 7.02. The monoisotopic (exact) mass is 433 g/mol. The summed E-state index contributed by atoms with van der Waals surface area (Å²) in [5.41, 5.74) is 0.687. The van der Waals surface area contributed by atoms with Crippen LogP contribution in [0.15, 0.2) is 0 Å². The minimum Gasteiger partial charge on any atom is -0.480 e. The molecule has 0 saturated heterocycles. The number of hydrogen-bond donors (Lipinski definition) is 3. The van der Waals surface area contributed by atoms with Gasteiger partial charge in [-0.15, -0.1) is 0 Å². The number of rotatable bonds is 6. The van der Waals surface area contributed by atoms with Crippen molar-refractivity contribution in [1.82, 2.24) is 5.32 Å². The number of aliphatic hydroxyl groups is 1. The van der Waals surface area contributed by atoms with Crippen molar-refractivity contribution < 1.29 is 19.8 Å². The fourth-order valence-electron chi connectivity index (χ4n) is 9.05. The third-order valence-corrected chi connectivity index (χ3v) is 10.6. The number of amides is 1. The number of aliphatic carboxylic acids is 1. The quantitative estimate of drug-likeness (QED) is 0.570. The summed E-state index contributed by atoms with van der Waals surface area (Å²) in [7, 11) is 0. The summed E-state index contributed by atoms with van der Waals surface area (Å²) in [4.78, 5) is 22.7. The molecule has 0 heterocycles. The Hall–Kier alpha value is -1.10. The van der Waals surface area contributed by atoms with Crippen molar-refractivity contribution in [2.45, 2.75) is 97.5 Å². The third-order valence-electron chi connectivity index (χ3n) is 10.6. The molecule has 1 amide bonds. The Morgan fingerprint density at radius 3 is 2.52 bits per heavy atom. The smallest absolute Gasteiger partial charge is 0.322 e. The van der Waals surface area contributed by atoms with Crippen molar-refractivity contribution >= 4 is 11.9 Å². The van der Waals surface area contributed by atoms with Crippen LogP contribution in [0.3, 0.4) is 0 Å². The van der Waals surface area contributed by atoms with Gasteiger partial charge in [-0.2, -0.15) is 0 Å².